The minimum Gasteiger partial charge on any atom is -0.488 e. The molecule has 2 aromatic rings. The van der Waals surface area contributed by atoms with Crippen molar-refractivity contribution in [2.45, 2.75) is 13.8 Å². The van der Waals surface area contributed by atoms with Gasteiger partial charge in [0.2, 0.25) is 0 Å². The van der Waals surface area contributed by atoms with Gasteiger partial charge in [0, 0.05) is 13.2 Å². The van der Waals surface area contributed by atoms with Crippen LogP contribution in [0.4, 0.5) is 0 Å². The van der Waals surface area contributed by atoms with Gasteiger partial charge in [0.15, 0.2) is 5.65 Å². The van der Waals surface area contributed by atoms with Gasteiger partial charge < -0.3 is 9.47 Å². The van der Waals surface area contributed by atoms with E-state index in [0.717, 1.165) is 11.1 Å². The van der Waals surface area contributed by atoms with Crippen LogP contribution in [0.25, 0.3) is 11.0 Å². The third kappa shape index (κ3) is 2.36. The van der Waals surface area contributed by atoms with Crippen LogP contribution >= 0.6 is 0 Å². The van der Waals surface area contributed by atoms with Gasteiger partial charge in [-0.15, -0.1) is 0 Å². The molecule has 0 aliphatic rings. The predicted octanol–water partition coefficient (Wildman–Crippen LogP) is 2.02. The van der Waals surface area contributed by atoms with Crippen LogP contribution in [-0.4, -0.2) is 33.9 Å². The van der Waals surface area contributed by atoms with Crippen molar-refractivity contribution in [3.05, 3.63) is 30.1 Å². The van der Waals surface area contributed by atoms with E-state index in [9.17, 15) is 4.79 Å². The molecule has 0 aromatic carbocycles. The first kappa shape index (κ1) is 14.0. The number of hydrogen-bond acceptors (Lipinski definition) is 5. The number of esters is 1. The van der Waals surface area contributed by atoms with E-state index in [1.54, 1.807) is 24.7 Å². The fourth-order valence-corrected chi connectivity index (χ4v) is 2.03. The molecule has 0 unspecified atom stereocenters. The monoisotopic (exact) mass is 275 g/mol. The summed E-state index contributed by atoms with van der Waals surface area (Å²) < 4.78 is 12.3. The zero-order valence-corrected chi connectivity index (χ0v) is 11.8. The Morgan fingerprint density at radius 3 is 2.95 bits per heavy atom. The molecule has 0 spiro atoms. The molecule has 2 rings (SSSR count). The van der Waals surface area contributed by atoms with Crippen LogP contribution in [-0.2, 0) is 11.8 Å². The van der Waals surface area contributed by atoms with Crippen molar-refractivity contribution in [2.75, 3.05) is 13.2 Å². The summed E-state index contributed by atoms with van der Waals surface area (Å²) in [5.74, 6) is -0.0110. The van der Waals surface area contributed by atoms with Gasteiger partial charge in [-0.2, -0.15) is 5.10 Å². The predicted molar refractivity (Wildman–Crippen MR) is 74.9 cm³/mol. The van der Waals surface area contributed by atoms with Gasteiger partial charge in [0.25, 0.3) is 0 Å². The van der Waals surface area contributed by atoms with Crippen LogP contribution in [0.15, 0.2) is 18.9 Å². The van der Waals surface area contributed by atoms with E-state index in [0.29, 0.717) is 30.2 Å². The quantitative estimate of drug-likeness (QED) is 0.617. The van der Waals surface area contributed by atoms with Crippen molar-refractivity contribution in [3.63, 3.8) is 0 Å². The Morgan fingerprint density at radius 1 is 1.55 bits per heavy atom. The van der Waals surface area contributed by atoms with Gasteiger partial charge in [-0.3, -0.25) is 4.68 Å². The number of carbonyl (C=O) groups is 1. The molecule has 2 aromatic heterocycles. The molecule has 106 valence electrons. The van der Waals surface area contributed by atoms with Gasteiger partial charge in [-0.25, -0.2) is 9.78 Å². The second-order valence-corrected chi connectivity index (χ2v) is 4.23. The van der Waals surface area contributed by atoms with Crippen LogP contribution in [0.3, 0.4) is 0 Å². The van der Waals surface area contributed by atoms with E-state index in [2.05, 4.69) is 16.7 Å². The van der Waals surface area contributed by atoms with Gasteiger partial charge >= 0.3 is 5.97 Å². The Kier molecular flexibility index (Phi) is 4.02. The molecule has 0 bridgehead atoms. The smallest absolute Gasteiger partial charge is 0.343 e. The van der Waals surface area contributed by atoms with Crippen molar-refractivity contribution >= 4 is 17.0 Å². The van der Waals surface area contributed by atoms with Gasteiger partial charge in [-0.1, -0.05) is 12.7 Å². The molecule has 0 aliphatic carbocycles. The van der Waals surface area contributed by atoms with Crippen LogP contribution in [0.2, 0.25) is 0 Å². The summed E-state index contributed by atoms with van der Waals surface area (Å²) >= 11 is 0. The maximum absolute atomic E-state index is 12.0. The number of pyridine rings is 1. The fourth-order valence-electron chi connectivity index (χ4n) is 2.03. The summed E-state index contributed by atoms with van der Waals surface area (Å²) in [5, 5.41) is 5.02. The zero-order chi connectivity index (χ0) is 14.7. The van der Waals surface area contributed by atoms with Crippen molar-refractivity contribution in [2.24, 2.45) is 7.05 Å². The Bertz CT molecular complexity index is 661. The molecule has 0 N–H and O–H groups in total. The summed E-state index contributed by atoms with van der Waals surface area (Å²) in [5.41, 5.74) is 1.71. The lowest BCUT2D eigenvalue weighted by atomic mass is 10.1. The summed E-state index contributed by atoms with van der Waals surface area (Å²) in [6.07, 6.45) is 3.08. The molecular formula is C14H17N3O3. The second kappa shape index (κ2) is 5.73. The third-order valence-corrected chi connectivity index (χ3v) is 2.82. The maximum atomic E-state index is 12.0. The van der Waals surface area contributed by atoms with E-state index in [-0.39, 0.29) is 0 Å². The van der Waals surface area contributed by atoms with E-state index < -0.39 is 5.97 Å². The molecule has 6 nitrogen and oxygen atoms in total. The summed E-state index contributed by atoms with van der Waals surface area (Å²) in [7, 11) is 1.80. The minimum absolute atomic E-state index is 0.292. The second-order valence-electron chi connectivity index (χ2n) is 4.23. The average molecular weight is 275 g/mol. The zero-order valence-electron chi connectivity index (χ0n) is 11.8. The number of nitrogens with zero attached hydrogens (tertiary/aromatic N) is 3. The van der Waals surface area contributed by atoms with Gasteiger partial charge in [0.1, 0.15) is 17.9 Å². The van der Waals surface area contributed by atoms with Crippen molar-refractivity contribution in [3.8, 4) is 5.75 Å². The standard InChI is InChI=1S/C14H17N3O3/c1-5-7-20-12-10(14(18)19-6-2)8-15-13-11(12)9(3)16-17(13)4/h5,8H,1,6-7H2,2-4H3. The molecule has 6 heteroatoms. The lowest BCUT2D eigenvalue weighted by Gasteiger charge is -2.10. The minimum atomic E-state index is -0.454. The molecular weight excluding hydrogens is 258 g/mol. The van der Waals surface area contributed by atoms with Crippen molar-refractivity contribution < 1.29 is 14.3 Å². The first-order chi connectivity index (χ1) is 9.60. The Balaban J connectivity index is 2.65. The molecule has 0 radical (unpaired) electrons. The molecule has 0 atom stereocenters. The largest absolute Gasteiger partial charge is 0.488 e. The summed E-state index contributed by atoms with van der Waals surface area (Å²) in [6, 6.07) is 0. The third-order valence-electron chi connectivity index (χ3n) is 2.82. The van der Waals surface area contributed by atoms with E-state index in [1.165, 1.54) is 6.20 Å². The van der Waals surface area contributed by atoms with Gasteiger partial charge in [-0.05, 0) is 13.8 Å². The Morgan fingerprint density at radius 2 is 2.30 bits per heavy atom. The number of hydrogen-bond donors (Lipinski definition) is 0. The maximum Gasteiger partial charge on any atom is 0.343 e. The van der Waals surface area contributed by atoms with Gasteiger partial charge in [0.05, 0.1) is 17.7 Å². The number of aryl methyl sites for hydroxylation is 2. The fraction of sp³-hybridized carbons (Fsp3) is 0.357. The average Bonchev–Trinajstić information content (AvgIpc) is 2.72. The highest BCUT2D eigenvalue weighted by atomic mass is 16.5. The SMILES string of the molecule is C=CCOc1c(C(=O)OCC)cnc2c1c(C)nn2C. The van der Waals surface area contributed by atoms with E-state index in [1.807, 2.05) is 6.92 Å². The molecule has 2 heterocycles. The molecule has 0 aliphatic heterocycles. The first-order valence-corrected chi connectivity index (χ1v) is 6.33. The molecule has 0 fully saturated rings. The highest BCUT2D eigenvalue weighted by molar-refractivity contribution is 5.99. The molecule has 20 heavy (non-hydrogen) atoms. The lowest BCUT2D eigenvalue weighted by Crippen LogP contribution is -2.09. The number of ether oxygens (including phenoxy) is 2. The topological polar surface area (TPSA) is 66.2 Å². The highest BCUT2D eigenvalue weighted by Crippen LogP contribution is 2.31. The van der Waals surface area contributed by atoms with Crippen LogP contribution in [0.5, 0.6) is 5.75 Å². The lowest BCUT2D eigenvalue weighted by molar-refractivity contribution is 0.0522. The van der Waals surface area contributed by atoms with Crippen LogP contribution in [0.1, 0.15) is 23.0 Å². The Hall–Kier alpha value is -2.37. The summed E-state index contributed by atoms with van der Waals surface area (Å²) in [6.45, 7) is 7.80. The number of fused-ring (bicyclic) bond motifs is 1. The molecule has 0 amide bonds. The van der Waals surface area contributed by atoms with Crippen molar-refractivity contribution in [1.82, 2.24) is 14.8 Å². The van der Waals surface area contributed by atoms with E-state index in [4.69, 9.17) is 9.47 Å². The highest BCUT2D eigenvalue weighted by Gasteiger charge is 2.21. The number of carbonyl (C=O) groups excluding carboxylic acids is 1. The molecule has 0 saturated heterocycles. The van der Waals surface area contributed by atoms with Crippen molar-refractivity contribution in [1.29, 1.82) is 0 Å². The van der Waals surface area contributed by atoms with Crippen LogP contribution < -0.4 is 4.74 Å². The number of rotatable bonds is 5. The molecule has 0 saturated carbocycles. The first-order valence-electron chi connectivity index (χ1n) is 6.33. The number of aromatic nitrogens is 3. The van der Waals surface area contributed by atoms with E-state index >= 15 is 0 Å². The Labute approximate surface area is 117 Å². The summed E-state index contributed by atoms with van der Waals surface area (Å²) in [4.78, 5) is 16.3. The van der Waals surface area contributed by atoms with Crippen LogP contribution in [0, 0.1) is 6.92 Å². The normalized spacial score (nSPS) is 10.6.